The molecule has 0 bridgehead atoms. The summed E-state index contributed by atoms with van der Waals surface area (Å²) in [7, 11) is -4.05. The van der Waals surface area contributed by atoms with Gasteiger partial charge in [-0.25, -0.2) is 13.2 Å². The summed E-state index contributed by atoms with van der Waals surface area (Å²) >= 11 is 6.14. The van der Waals surface area contributed by atoms with Gasteiger partial charge in [0.1, 0.15) is 4.90 Å². The molecule has 0 unspecified atom stereocenters. The van der Waals surface area contributed by atoms with Crippen molar-refractivity contribution in [3.63, 3.8) is 0 Å². The van der Waals surface area contributed by atoms with Gasteiger partial charge in [0.15, 0.2) is 11.4 Å². The maximum atomic E-state index is 12.7. The van der Waals surface area contributed by atoms with E-state index >= 15 is 0 Å². The summed E-state index contributed by atoms with van der Waals surface area (Å²) in [6, 6.07) is 8.69. The highest BCUT2D eigenvalue weighted by molar-refractivity contribution is 7.92. The number of hydrogen-bond acceptors (Lipinski definition) is 5. The first-order valence-corrected chi connectivity index (χ1v) is 9.55. The zero-order valence-electron chi connectivity index (χ0n) is 13.9. The molecule has 0 fully saturated rings. The van der Waals surface area contributed by atoms with Crippen LogP contribution in [0.2, 0.25) is 5.02 Å². The van der Waals surface area contributed by atoms with Crippen molar-refractivity contribution < 1.29 is 17.6 Å². The Balaban J connectivity index is 2.07. The number of aryl methyl sites for hydroxylation is 1. The highest BCUT2D eigenvalue weighted by Gasteiger charge is 2.22. The molecule has 1 heterocycles. The third kappa shape index (κ3) is 3.25. The van der Waals surface area contributed by atoms with Gasteiger partial charge in [0.25, 0.3) is 10.0 Å². The summed E-state index contributed by atoms with van der Waals surface area (Å²) in [4.78, 5) is 23.0. The predicted octanol–water partition coefficient (Wildman–Crippen LogP) is 3.27. The number of Topliss-reactive ketones (excluding diaryl/α,β-unsaturated/α-hetero) is 1. The van der Waals surface area contributed by atoms with Crippen molar-refractivity contribution in [1.29, 1.82) is 0 Å². The van der Waals surface area contributed by atoms with Gasteiger partial charge >= 0.3 is 5.76 Å². The number of nitrogens with one attached hydrogen (secondary N) is 1. The second-order valence-corrected chi connectivity index (χ2v) is 7.66. The van der Waals surface area contributed by atoms with Crippen LogP contribution in [0.3, 0.4) is 0 Å². The molecule has 3 aromatic rings. The number of fused-ring (bicyclic) bond motifs is 1. The number of benzene rings is 2. The van der Waals surface area contributed by atoms with E-state index in [4.69, 9.17) is 16.0 Å². The number of aromatic nitrogens is 1. The summed E-state index contributed by atoms with van der Waals surface area (Å²) in [5.74, 6) is -0.775. The minimum Gasteiger partial charge on any atom is -0.408 e. The maximum Gasteiger partial charge on any atom is 0.419 e. The van der Waals surface area contributed by atoms with E-state index in [2.05, 4.69) is 4.72 Å². The summed E-state index contributed by atoms with van der Waals surface area (Å²) in [5, 5.41) is -0.0456. The molecule has 0 saturated carbocycles. The van der Waals surface area contributed by atoms with Crippen LogP contribution in [0.5, 0.6) is 0 Å². The SMILES string of the molecule is CCn1c(=O)oc2cc(S(=O)(=O)Nc3cccc(C(C)=O)c3)c(Cl)cc21. The molecule has 1 aromatic heterocycles. The van der Waals surface area contributed by atoms with Gasteiger partial charge in [-0.05, 0) is 32.0 Å². The van der Waals surface area contributed by atoms with Gasteiger partial charge in [-0.2, -0.15) is 0 Å². The van der Waals surface area contributed by atoms with E-state index in [9.17, 15) is 18.0 Å². The summed E-state index contributed by atoms with van der Waals surface area (Å²) in [6.07, 6.45) is 0. The summed E-state index contributed by atoms with van der Waals surface area (Å²) in [6.45, 7) is 3.52. The Morgan fingerprint density at radius 2 is 2.00 bits per heavy atom. The number of halogens is 1. The highest BCUT2D eigenvalue weighted by Crippen LogP contribution is 2.29. The smallest absolute Gasteiger partial charge is 0.408 e. The fourth-order valence-corrected chi connectivity index (χ4v) is 4.17. The van der Waals surface area contributed by atoms with E-state index in [1.54, 1.807) is 19.1 Å². The maximum absolute atomic E-state index is 12.7. The van der Waals surface area contributed by atoms with Crippen LogP contribution in [0.15, 0.2) is 50.5 Å². The zero-order valence-corrected chi connectivity index (χ0v) is 15.5. The third-order valence-electron chi connectivity index (χ3n) is 3.85. The molecule has 9 heteroatoms. The average Bonchev–Trinajstić information content (AvgIpc) is 2.88. The van der Waals surface area contributed by atoms with E-state index in [0.717, 1.165) is 0 Å². The van der Waals surface area contributed by atoms with Crippen molar-refractivity contribution in [1.82, 2.24) is 4.57 Å². The van der Waals surface area contributed by atoms with E-state index in [-0.39, 0.29) is 27.0 Å². The molecule has 0 radical (unpaired) electrons. The standard InChI is InChI=1S/C17H15ClN2O5S/c1-3-20-14-8-13(18)16(9-15(14)25-17(20)22)26(23,24)19-12-6-4-5-11(7-12)10(2)21/h4-9,19H,3H2,1-2H3. The van der Waals surface area contributed by atoms with Crippen LogP contribution < -0.4 is 10.5 Å². The Kier molecular flexibility index (Phi) is 4.64. The van der Waals surface area contributed by atoms with Crippen molar-refractivity contribution in [2.45, 2.75) is 25.3 Å². The molecule has 136 valence electrons. The lowest BCUT2D eigenvalue weighted by molar-refractivity contribution is 0.101. The van der Waals surface area contributed by atoms with E-state index < -0.39 is 15.8 Å². The van der Waals surface area contributed by atoms with E-state index in [1.165, 1.54) is 35.8 Å². The number of sulfonamides is 1. The summed E-state index contributed by atoms with van der Waals surface area (Å²) < 4.78 is 34.2. The Morgan fingerprint density at radius 3 is 2.65 bits per heavy atom. The lowest BCUT2D eigenvalue weighted by atomic mass is 10.1. The topological polar surface area (TPSA) is 98.4 Å². The van der Waals surface area contributed by atoms with Gasteiger partial charge in [-0.1, -0.05) is 23.7 Å². The van der Waals surface area contributed by atoms with Crippen LogP contribution in [0.4, 0.5) is 5.69 Å². The second-order valence-electron chi connectivity index (χ2n) is 5.61. The van der Waals surface area contributed by atoms with E-state index in [1.807, 2.05) is 0 Å². The number of oxazole rings is 1. The van der Waals surface area contributed by atoms with Crippen molar-refractivity contribution in [2.24, 2.45) is 0 Å². The van der Waals surface area contributed by atoms with Gasteiger partial charge in [0.05, 0.1) is 10.5 Å². The number of rotatable bonds is 5. The molecule has 0 atom stereocenters. The number of anilines is 1. The monoisotopic (exact) mass is 394 g/mol. The Hall–Kier alpha value is -2.58. The van der Waals surface area contributed by atoms with E-state index in [0.29, 0.717) is 17.6 Å². The predicted molar refractivity (Wildman–Crippen MR) is 98.4 cm³/mol. The molecular weight excluding hydrogens is 380 g/mol. The van der Waals surface area contributed by atoms with Crippen molar-refractivity contribution in [2.75, 3.05) is 4.72 Å². The van der Waals surface area contributed by atoms with Crippen molar-refractivity contribution >= 4 is 44.2 Å². The third-order valence-corrected chi connectivity index (χ3v) is 5.69. The van der Waals surface area contributed by atoms with Crippen LogP contribution in [-0.2, 0) is 16.6 Å². The molecule has 0 aliphatic heterocycles. The normalized spacial score (nSPS) is 11.7. The quantitative estimate of drug-likeness (QED) is 0.669. The average molecular weight is 395 g/mol. The minimum absolute atomic E-state index is 0.0456. The number of carbonyl (C=O) groups is 1. The van der Waals surface area contributed by atoms with Crippen LogP contribution in [0.1, 0.15) is 24.2 Å². The second kappa shape index (κ2) is 6.62. The lowest BCUT2D eigenvalue weighted by Gasteiger charge is -2.10. The molecular formula is C17H15ClN2O5S. The molecule has 3 rings (SSSR count). The molecule has 0 amide bonds. The van der Waals surface area contributed by atoms with Crippen molar-refractivity contribution in [3.05, 3.63) is 57.5 Å². The molecule has 0 saturated heterocycles. The molecule has 0 spiro atoms. The summed E-state index contributed by atoms with van der Waals surface area (Å²) in [5.41, 5.74) is 1.14. The molecule has 0 aliphatic carbocycles. The first kappa shape index (κ1) is 18.2. The first-order valence-electron chi connectivity index (χ1n) is 7.69. The minimum atomic E-state index is -4.05. The van der Waals surface area contributed by atoms with Crippen LogP contribution in [0, 0.1) is 0 Å². The Bertz CT molecular complexity index is 1180. The number of hydrogen-bond donors (Lipinski definition) is 1. The van der Waals surface area contributed by atoms with Gasteiger partial charge in [0.2, 0.25) is 0 Å². The molecule has 1 N–H and O–H groups in total. The van der Waals surface area contributed by atoms with Gasteiger partial charge in [-0.15, -0.1) is 0 Å². The van der Waals surface area contributed by atoms with Crippen LogP contribution >= 0.6 is 11.6 Å². The number of carbonyl (C=O) groups excluding carboxylic acids is 1. The Morgan fingerprint density at radius 1 is 1.27 bits per heavy atom. The first-order chi connectivity index (χ1) is 12.2. The zero-order chi connectivity index (χ0) is 19.1. The fraction of sp³-hybridized carbons (Fsp3) is 0.176. The van der Waals surface area contributed by atoms with Gasteiger partial charge in [0, 0.05) is 23.9 Å². The molecule has 7 nitrogen and oxygen atoms in total. The van der Waals surface area contributed by atoms with Gasteiger partial charge < -0.3 is 4.42 Å². The lowest BCUT2D eigenvalue weighted by Crippen LogP contribution is -2.14. The van der Waals surface area contributed by atoms with Gasteiger partial charge in [-0.3, -0.25) is 14.1 Å². The fourth-order valence-electron chi connectivity index (χ4n) is 2.58. The molecule has 26 heavy (non-hydrogen) atoms. The largest absolute Gasteiger partial charge is 0.419 e. The highest BCUT2D eigenvalue weighted by atomic mass is 35.5. The number of ketones is 1. The number of nitrogens with zero attached hydrogens (tertiary/aromatic N) is 1. The van der Waals surface area contributed by atoms with Crippen molar-refractivity contribution in [3.8, 4) is 0 Å². The van der Waals surface area contributed by atoms with Crippen LogP contribution in [-0.4, -0.2) is 18.8 Å². The van der Waals surface area contributed by atoms with Crippen LogP contribution in [0.25, 0.3) is 11.1 Å². The Labute approximate surface area is 154 Å². The molecule has 0 aliphatic rings. The molecule has 2 aromatic carbocycles.